The Balaban J connectivity index is 5.22. The number of carbonyl (C=O) groups is 4. The van der Waals surface area contributed by atoms with E-state index in [9.17, 15) is 24.3 Å². The van der Waals surface area contributed by atoms with Gasteiger partial charge in [0.15, 0.2) is 12.2 Å². The van der Waals surface area contributed by atoms with Gasteiger partial charge in [-0.25, -0.2) is 9.59 Å². The number of aliphatic hydroxyl groups is 1. The molecule has 0 aromatic heterocycles. The van der Waals surface area contributed by atoms with E-state index >= 15 is 0 Å². The molecule has 0 aliphatic rings. The zero-order valence-corrected chi connectivity index (χ0v) is 11.2. The minimum atomic E-state index is -2.88. The highest BCUT2D eigenvalue weighted by atomic mass is 16.6. The van der Waals surface area contributed by atoms with Crippen LogP contribution < -0.4 is 0 Å². The van der Waals surface area contributed by atoms with Gasteiger partial charge in [0.2, 0.25) is 0 Å². The average Bonchev–Trinajstić information content (AvgIpc) is 2.33. The number of carboxylic acid groups (broad SMARTS) is 2. The predicted molar refractivity (Wildman–Crippen MR) is 61.6 cm³/mol. The number of aliphatic carboxylic acids is 2. The van der Waals surface area contributed by atoms with Crippen molar-refractivity contribution in [2.45, 2.75) is 25.9 Å². The van der Waals surface area contributed by atoms with Gasteiger partial charge >= 0.3 is 23.9 Å². The van der Waals surface area contributed by atoms with E-state index in [-0.39, 0.29) is 0 Å². The first-order chi connectivity index (χ1) is 8.99. The van der Waals surface area contributed by atoms with E-state index in [1.807, 2.05) is 0 Å². The van der Waals surface area contributed by atoms with E-state index in [2.05, 4.69) is 9.47 Å². The van der Waals surface area contributed by atoms with Crippen LogP contribution in [0.25, 0.3) is 0 Å². The zero-order valence-electron chi connectivity index (χ0n) is 11.2. The molecule has 0 bridgehead atoms. The van der Waals surface area contributed by atoms with Gasteiger partial charge in [0.1, 0.15) is 5.41 Å². The molecule has 3 N–H and O–H groups in total. The van der Waals surface area contributed by atoms with Crippen molar-refractivity contribution >= 4 is 23.9 Å². The highest BCUT2D eigenvalue weighted by molar-refractivity contribution is 5.92. The smallest absolute Gasteiger partial charge is 0.344 e. The van der Waals surface area contributed by atoms with Crippen LogP contribution in [0, 0.1) is 5.41 Å². The molecule has 0 saturated heterocycles. The van der Waals surface area contributed by atoms with Gasteiger partial charge in [-0.05, 0) is 13.8 Å². The lowest BCUT2D eigenvalue weighted by Crippen LogP contribution is -2.57. The van der Waals surface area contributed by atoms with Crippen molar-refractivity contribution in [1.82, 2.24) is 0 Å². The lowest BCUT2D eigenvalue weighted by molar-refractivity contribution is -0.193. The third-order valence-electron chi connectivity index (χ3n) is 2.85. The summed E-state index contributed by atoms with van der Waals surface area (Å²) in [6, 6.07) is 0. The summed E-state index contributed by atoms with van der Waals surface area (Å²) in [6.45, 7) is 1.23. The second-order valence-corrected chi connectivity index (χ2v) is 4.51. The number of methoxy groups -OCH3 is 1. The number of rotatable bonds is 7. The van der Waals surface area contributed by atoms with Crippen LogP contribution in [0.2, 0.25) is 0 Å². The molecule has 0 saturated carbocycles. The Labute approximate surface area is 114 Å². The summed E-state index contributed by atoms with van der Waals surface area (Å²) in [4.78, 5) is 44.3. The van der Waals surface area contributed by atoms with Gasteiger partial charge < -0.3 is 24.8 Å². The Kier molecular flexibility index (Phi) is 5.64. The summed E-state index contributed by atoms with van der Waals surface area (Å²) in [5, 5.41) is 27.6. The van der Waals surface area contributed by atoms with E-state index in [0.29, 0.717) is 0 Å². The normalized spacial score (nSPS) is 14.0. The minimum absolute atomic E-state index is 0.776. The zero-order chi connectivity index (χ0) is 16.1. The Bertz CT molecular complexity index is 426. The lowest BCUT2D eigenvalue weighted by Gasteiger charge is -2.35. The van der Waals surface area contributed by atoms with Crippen molar-refractivity contribution < 1.29 is 44.0 Å². The van der Waals surface area contributed by atoms with Crippen LogP contribution >= 0.6 is 0 Å². The monoisotopic (exact) mass is 292 g/mol. The third kappa shape index (κ3) is 3.67. The molecule has 1 atom stereocenters. The van der Waals surface area contributed by atoms with Gasteiger partial charge in [-0.1, -0.05) is 0 Å². The Morgan fingerprint density at radius 1 is 1.10 bits per heavy atom. The first-order valence-electron chi connectivity index (χ1n) is 5.40. The number of esters is 2. The van der Waals surface area contributed by atoms with Crippen LogP contribution in [-0.2, 0) is 28.7 Å². The summed E-state index contributed by atoms with van der Waals surface area (Å²) in [5.41, 5.74) is -4.97. The maximum absolute atomic E-state index is 11.8. The summed E-state index contributed by atoms with van der Waals surface area (Å²) in [7, 11) is 1.05. The molecule has 0 fully saturated rings. The number of hydrogen-bond donors (Lipinski definition) is 3. The summed E-state index contributed by atoms with van der Waals surface area (Å²) in [5.74, 6) is -5.62. The fourth-order valence-electron chi connectivity index (χ4n) is 1.32. The van der Waals surface area contributed by atoms with E-state index in [1.165, 1.54) is 0 Å². The van der Waals surface area contributed by atoms with Crippen molar-refractivity contribution in [3.05, 3.63) is 0 Å². The summed E-state index contributed by atoms with van der Waals surface area (Å²) in [6.07, 6.45) is -1.21. The molecule has 9 nitrogen and oxygen atoms in total. The molecule has 114 valence electrons. The molecule has 0 radical (unpaired) electrons. The first-order valence-corrected chi connectivity index (χ1v) is 5.40. The summed E-state index contributed by atoms with van der Waals surface area (Å²) < 4.78 is 8.73. The van der Waals surface area contributed by atoms with Crippen molar-refractivity contribution in [1.29, 1.82) is 0 Å². The number of carboxylic acids is 2. The predicted octanol–water partition coefficient (Wildman–Crippen LogP) is -0.981. The molecule has 0 amide bonds. The Morgan fingerprint density at radius 2 is 1.60 bits per heavy atom. The number of carbonyl (C=O) groups excluding carboxylic acids is 2. The maximum Gasteiger partial charge on any atom is 0.344 e. The molecule has 0 aromatic rings. The quantitative estimate of drug-likeness (QED) is 0.503. The lowest BCUT2D eigenvalue weighted by atomic mass is 9.72. The van der Waals surface area contributed by atoms with E-state index in [4.69, 9.17) is 10.2 Å². The van der Waals surface area contributed by atoms with Crippen LogP contribution in [-0.4, -0.2) is 58.5 Å². The number of hydrogen-bond acceptors (Lipinski definition) is 7. The van der Waals surface area contributed by atoms with Crippen LogP contribution in [0.15, 0.2) is 0 Å². The van der Waals surface area contributed by atoms with E-state index in [1.54, 1.807) is 0 Å². The van der Waals surface area contributed by atoms with Gasteiger partial charge in [0, 0.05) is 0 Å². The molecule has 0 heterocycles. The van der Waals surface area contributed by atoms with Crippen molar-refractivity contribution in [2.75, 3.05) is 13.7 Å². The molecule has 9 heteroatoms. The third-order valence-corrected chi connectivity index (χ3v) is 2.85. The molecule has 0 aromatic carbocycles. The largest absolute Gasteiger partial charge is 0.481 e. The van der Waals surface area contributed by atoms with Crippen LogP contribution in [0.3, 0.4) is 0 Å². The standard InChI is InChI=1S/C11H16O9/c1-10(2,9(17)20-5-7(14)19-3)11(18,8(15)16)4-6(12)13/h18H,4-5H2,1-3H3,(H,12,13)(H,15,16). The van der Waals surface area contributed by atoms with Crippen LogP contribution in [0.1, 0.15) is 20.3 Å². The number of ether oxygens (including phenoxy) is 2. The molecule has 0 aliphatic carbocycles. The Morgan fingerprint density at radius 3 is 1.95 bits per heavy atom. The van der Waals surface area contributed by atoms with E-state index < -0.39 is 47.9 Å². The average molecular weight is 292 g/mol. The maximum atomic E-state index is 11.8. The summed E-state index contributed by atoms with van der Waals surface area (Å²) >= 11 is 0. The molecule has 20 heavy (non-hydrogen) atoms. The Hall–Kier alpha value is -2.16. The highest BCUT2D eigenvalue weighted by Gasteiger charge is 2.57. The van der Waals surface area contributed by atoms with Gasteiger partial charge in [0.25, 0.3) is 0 Å². The second kappa shape index (κ2) is 6.33. The fourth-order valence-corrected chi connectivity index (χ4v) is 1.32. The first kappa shape index (κ1) is 17.8. The van der Waals surface area contributed by atoms with Gasteiger partial charge in [-0.3, -0.25) is 9.59 Å². The van der Waals surface area contributed by atoms with Gasteiger partial charge in [-0.2, -0.15) is 0 Å². The van der Waals surface area contributed by atoms with Crippen molar-refractivity contribution in [3.8, 4) is 0 Å². The van der Waals surface area contributed by atoms with Crippen molar-refractivity contribution in [3.63, 3.8) is 0 Å². The molecule has 1 unspecified atom stereocenters. The highest BCUT2D eigenvalue weighted by Crippen LogP contribution is 2.35. The molecule has 0 spiro atoms. The van der Waals surface area contributed by atoms with E-state index in [0.717, 1.165) is 21.0 Å². The minimum Gasteiger partial charge on any atom is -0.481 e. The molecule has 0 rings (SSSR count). The topological polar surface area (TPSA) is 147 Å². The SMILES string of the molecule is COC(=O)COC(=O)C(C)(C)C(O)(CC(=O)O)C(=O)O. The van der Waals surface area contributed by atoms with Gasteiger partial charge in [0.05, 0.1) is 13.5 Å². The molecule has 0 aliphatic heterocycles. The molecular formula is C11H16O9. The van der Waals surface area contributed by atoms with Crippen LogP contribution in [0.4, 0.5) is 0 Å². The van der Waals surface area contributed by atoms with Crippen molar-refractivity contribution in [2.24, 2.45) is 5.41 Å². The molecular weight excluding hydrogens is 276 g/mol. The fraction of sp³-hybridized carbons (Fsp3) is 0.636. The van der Waals surface area contributed by atoms with Crippen LogP contribution in [0.5, 0.6) is 0 Å². The second-order valence-electron chi connectivity index (χ2n) is 4.51. The van der Waals surface area contributed by atoms with Gasteiger partial charge in [-0.15, -0.1) is 0 Å².